The van der Waals surface area contributed by atoms with Crippen molar-refractivity contribution < 1.29 is 34.2 Å². The lowest BCUT2D eigenvalue weighted by Gasteiger charge is -2.25. The van der Waals surface area contributed by atoms with Gasteiger partial charge in [0.1, 0.15) is 12.1 Å². The Morgan fingerprint density at radius 2 is 1.55 bits per heavy atom. The molecule has 0 aromatic rings. The Morgan fingerprint density at radius 1 is 0.895 bits per heavy atom. The zero-order valence-electron chi connectivity index (χ0n) is 22.7. The Kier molecular flexibility index (Phi) is 14.1. The van der Waals surface area contributed by atoms with Crippen LogP contribution in [0.15, 0.2) is 0 Å². The van der Waals surface area contributed by atoms with Crippen molar-refractivity contribution in [2.24, 2.45) is 11.8 Å². The molecule has 5 N–H and O–H groups in total. The standard InChI is InChI=1S/C27H46N4O7/c1-2-31(24(33)10-6-9-20-13-15-28-16-14-20)18-23(32)29-22(17-25(34)35)26(36)30-21(27(37)38)12-11-19-7-4-3-5-8-19/h19-22,28H,2-18H2,1H3,(H,29,32)(H,30,36)(H,34,35)(H,37,38)/t21-,22+/m1/s1. The van der Waals surface area contributed by atoms with Crippen LogP contribution in [-0.4, -0.2) is 83.0 Å². The van der Waals surface area contributed by atoms with Gasteiger partial charge in [-0.25, -0.2) is 4.79 Å². The van der Waals surface area contributed by atoms with E-state index < -0.39 is 42.3 Å². The van der Waals surface area contributed by atoms with Crippen LogP contribution in [0.2, 0.25) is 0 Å². The lowest BCUT2D eigenvalue weighted by molar-refractivity contribution is -0.144. The largest absolute Gasteiger partial charge is 0.481 e. The molecular weight excluding hydrogens is 492 g/mol. The molecule has 3 amide bonds. The van der Waals surface area contributed by atoms with Crippen LogP contribution in [0.25, 0.3) is 0 Å². The second kappa shape index (κ2) is 17.0. The molecule has 1 saturated heterocycles. The Bertz CT molecular complexity index is 794. The first kappa shape index (κ1) is 31.5. The number of piperidine rings is 1. The average molecular weight is 539 g/mol. The Balaban J connectivity index is 1.86. The van der Waals surface area contributed by atoms with Crippen molar-refractivity contribution in [3.8, 4) is 0 Å². The van der Waals surface area contributed by atoms with Crippen LogP contribution in [-0.2, 0) is 24.0 Å². The summed E-state index contributed by atoms with van der Waals surface area (Å²) in [6.07, 6.45) is 9.97. The number of nitrogens with zero attached hydrogens (tertiary/aromatic N) is 1. The number of likely N-dealkylation sites (N-methyl/N-ethyl adjacent to an activating group) is 1. The topological polar surface area (TPSA) is 165 Å². The number of nitrogens with one attached hydrogen (secondary N) is 3. The van der Waals surface area contributed by atoms with E-state index in [-0.39, 0.29) is 18.9 Å². The van der Waals surface area contributed by atoms with Crippen LogP contribution in [0.1, 0.15) is 90.4 Å². The zero-order chi connectivity index (χ0) is 27.9. The Hall–Kier alpha value is -2.69. The molecular formula is C27H46N4O7. The van der Waals surface area contributed by atoms with Crippen LogP contribution in [0, 0.1) is 11.8 Å². The number of hydrogen-bond donors (Lipinski definition) is 5. The fourth-order valence-electron chi connectivity index (χ4n) is 5.45. The predicted molar refractivity (Wildman–Crippen MR) is 141 cm³/mol. The third-order valence-corrected chi connectivity index (χ3v) is 7.76. The summed E-state index contributed by atoms with van der Waals surface area (Å²) in [4.78, 5) is 62.7. The molecule has 2 rings (SSSR count). The summed E-state index contributed by atoms with van der Waals surface area (Å²) in [5, 5.41) is 27.0. The fraction of sp³-hybridized carbons (Fsp3) is 0.815. The molecule has 0 unspecified atom stereocenters. The minimum atomic E-state index is -1.44. The molecule has 216 valence electrons. The SMILES string of the molecule is CCN(CC(=O)N[C@@H](CC(=O)O)C(=O)N[C@H](CCC1CCCCC1)C(=O)O)C(=O)CCCC1CCNCC1. The van der Waals surface area contributed by atoms with Gasteiger partial charge in [-0.05, 0) is 70.4 Å². The van der Waals surface area contributed by atoms with E-state index in [1.165, 1.54) is 11.3 Å². The van der Waals surface area contributed by atoms with Crippen LogP contribution < -0.4 is 16.0 Å². The molecule has 1 saturated carbocycles. The van der Waals surface area contributed by atoms with E-state index in [0.717, 1.165) is 64.5 Å². The third-order valence-electron chi connectivity index (χ3n) is 7.76. The van der Waals surface area contributed by atoms with Crippen molar-refractivity contribution in [1.29, 1.82) is 0 Å². The predicted octanol–water partition coefficient (Wildman–Crippen LogP) is 1.89. The van der Waals surface area contributed by atoms with Gasteiger partial charge in [0.15, 0.2) is 0 Å². The van der Waals surface area contributed by atoms with Crippen molar-refractivity contribution in [2.75, 3.05) is 26.2 Å². The van der Waals surface area contributed by atoms with Gasteiger partial charge in [0.2, 0.25) is 17.7 Å². The van der Waals surface area contributed by atoms with E-state index in [9.17, 15) is 34.2 Å². The molecule has 38 heavy (non-hydrogen) atoms. The molecule has 1 heterocycles. The van der Waals surface area contributed by atoms with Crippen LogP contribution in [0.3, 0.4) is 0 Å². The highest BCUT2D eigenvalue weighted by atomic mass is 16.4. The summed E-state index contributed by atoms with van der Waals surface area (Å²) in [5.74, 6) is -3.14. The quantitative estimate of drug-likeness (QED) is 0.199. The third kappa shape index (κ3) is 11.8. The molecule has 0 bridgehead atoms. The minimum Gasteiger partial charge on any atom is -0.481 e. The van der Waals surface area contributed by atoms with E-state index in [0.29, 0.717) is 31.2 Å². The van der Waals surface area contributed by atoms with Gasteiger partial charge in [0.25, 0.3) is 0 Å². The van der Waals surface area contributed by atoms with Crippen LogP contribution >= 0.6 is 0 Å². The summed E-state index contributed by atoms with van der Waals surface area (Å²) in [6, 6.07) is -2.60. The Morgan fingerprint density at radius 3 is 2.16 bits per heavy atom. The fourth-order valence-corrected chi connectivity index (χ4v) is 5.45. The first-order chi connectivity index (χ1) is 18.2. The maximum absolute atomic E-state index is 12.8. The minimum absolute atomic E-state index is 0.163. The number of aliphatic carboxylic acids is 2. The lowest BCUT2D eigenvalue weighted by Crippen LogP contribution is -2.54. The van der Waals surface area contributed by atoms with Crippen molar-refractivity contribution in [3.05, 3.63) is 0 Å². The van der Waals surface area contributed by atoms with E-state index in [2.05, 4.69) is 16.0 Å². The highest BCUT2D eigenvalue weighted by Crippen LogP contribution is 2.27. The maximum atomic E-state index is 12.8. The molecule has 1 aliphatic heterocycles. The van der Waals surface area contributed by atoms with Gasteiger partial charge >= 0.3 is 11.9 Å². The lowest BCUT2D eigenvalue weighted by atomic mass is 9.85. The molecule has 1 aliphatic carbocycles. The molecule has 2 fully saturated rings. The van der Waals surface area contributed by atoms with Gasteiger partial charge < -0.3 is 31.1 Å². The smallest absolute Gasteiger partial charge is 0.326 e. The first-order valence-electron chi connectivity index (χ1n) is 14.2. The normalized spacial score (nSPS) is 18.2. The second-order valence-electron chi connectivity index (χ2n) is 10.7. The molecule has 0 aromatic heterocycles. The average Bonchev–Trinajstić information content (AvgIpc) is 2.89. The van der Waals surface area contributed by atoms with Crippen molar-refractivity contribution >= 4 is 29.7 Å². The van der Waals surface area contributed by atoms with Gasteiger partial charge in [-0.3, -0.25) is 19.2 Å². The van der Waals surface area contributed by atoms with E-state index in [1.807, 2.05) is 0 Å². The maximum Gasteiger partial charge on any atom is 0.326 e. The molecule has 11 nitrogen and oxygen atoms in total. The van der Waals surface area contributed by atoms with Gasteiger partial charge in [-0.2, -0.15) is 0 Å². The monoisotopic (exact) mass is 538 g/mol. The highest BCUT2D eigenvalue weighted by Gasteiger charge is 2.29. The second-order valence-corrected chi connectivity index (χ2v) is 10.7. The summed E-state index contributed by atoms with van der Waals surface area (Å²) in [7, 11) is 0. The first-order valence-corrected chi connectivity index (χ1v) is 14.2. The van der Waals surface area contributed by atoms with Crippen LogP contribution in [0.4, 0.5) is 0 Å². The van der Waals surface area contributed by atoms with Gasteiger partial charge in [0.05, 0.1) is 13.0 Å². The van der Waals surface area contributed by atoms with E-state index in [1.54, 1.807) is 6.92 Å². The molecule has 0 spiro atoms. The van der Waals surface area contributed by atoms with Gasteiger partial charge in [-0.15, -0.1) is 0 Å². The summed E-state index contributed by atoms with van der Waals surface area (Å²) < 4.78 is 0. The summed E-state index contributed by atoms with van der Waals surface area (Å²) in [6.45, 7) is 3.76. The summed E-state index contributed by atoms with van der Waals surface area (Å²) in [5.41, 5.74) is 0. The van der Waals surface area contributed by atoms with Gasteiger partial charge in [0, 0.05) is 13.0 Å². The number of carbonyl (C=O) groups excluding carboxylic acids is 3. The molecule has 0 aromatic carbocycles. The highest BCUT2D eigenvalue weighted by molar-refractivity contribution is 5.94. The summed E-state index contributed by atoms with van der Waals surface area (Å²) >= 11 is 0. The van der Waals surface area contributed by atoms with Gasteiger partial charge in [-0.1, -0.05) is 32.1 Å². The van der Waals surface area contributed by atoms with Crippen molar-refractivity contribution in [2.45, 2.75) is 102 Å². The van der Waals surface area contributed by atoms with Crippen LogP contribution in [0.5, 0.6) is 0 Å². The molecule has 2 aliphatic rings. The zero-order valence-corrected chi connectivity index (χ0v) is 22.7. The van der Waals surface area contributed by atoms with E-state index >= 15 is 0 Å². The number of rotatable bonds is 16. The number of amides is 3. The number of hydrogen-bond acceptors (Lipinski definition) is 6. The Labute approximate surface area is 225 Å². The van der Waals surface area contributed by atoms with E-state index in [4.69, 9.17) is 0 Å². The number of carboxylic acid groups (broad SMARTS) is 2. The molecule has 11 heteroatoms. The number of carboxylic acids is 2. The molecule has 0 radical (unpaired) electrons. The van der Waals surface area contributed by atoms with Crippen molar-refractivity contribution in [1.82, 2.24) is 20.9 Å². The number of carbonyl (C=O) groups is 5. The van der Waals surface area contributed by atoms with Crippen molar-refractivity contribution in [3.63, 3.8) is 0 Å². The molecule has 2 atom stereocenters.